The fourth-order valence-electron chi connectivity index (χ4n) is 2.41. The minimum atomic E-state index is 0.776. The fourth-order valence-corrected chi connectivity index (χ4v) is 2.41. The Hall–Kier alpha value is -0.380. The highest BCUT2D eigenvalue weighted by atomic mass is 15.2. The van der Waals surface area contributed by atoms with Gasteiger partial charge in [-0.1, -0.05) is 13.5 Å². The van der Waals surface area contributed by atoms with Crippen molar-refractivity contribution in [1.82, 2.24) is 15.1 Å². The molecule has 1 aliphatic rings. The number of nitrogens with zero attached hydrogens (tertiary/aromatic N) is 2. The largest absolute Gasteiger partial charge is 0.313 e. The zero-order valence-electron chi connectivity index (χ0n) is 11.8. The summed E-state index contributed by atoms with van der Waals surface area (Å²) in [6, 6.07) is 0.776. The summed E-state index contributed by atoms with van der Waals surface area (Å²) in [6.45, 7) is 11.9. The lowest BCUT2D eigenvalue weighted by Crippen LogP contribution is -2.43. The quantitative estimate of drug-likeness (QED) is 0.537. The van der Waals surface area contributed by atoms with Gasteiger partial charge in [0.25, 0.3) is 0 Å². The van der Waals surface area contributed by atoms with Crippen LogP contribution in [0.25, 0.3) is 0 Å². The molecule has 1 fully saturated rings. The molecule has 100 valence electrons. The van der Waals surface area contributed by atoms with Crippen molar-refractivity contribution in [2.24, 2.45) is 0 Å². The molecule has 0 saturated carbocycles. The van der Waals surface area contributed by atoms with Gasteiger partial charge in [-0.25, -0.2) is 0 Å². The van der Waals surface area contributed by atoms with E-state index in [4.69, 9.17) is 0 Å². The van der Waals surface area contributed by atoms with E-state index in [-0.39, 0.29) is 0 Å². The number of nitrogens with one attached hydrogen (secondary N) is 1. The van der Waals surface area contributed by atoms with Gasteiger partial charge in [-0.05, 0) is 58.6 Å². The maximum Gasteiger partial charge on any atom is 0.0202 e. The molecule has 1 N–H and O–H groups in total. The fraction of sp³-hybridized carbons (Fsp3) is 0.857. The summed E-state index contributed by atoms with van der Waals surface area (Å²) in [5, 5.41) is 3.42. The van der Waals surface area contributed by atoms with E-state index in [9.17, 15) is 0 Å². The van der Waals surface area contributed by atoms with E-state index in [0.29, 0.717) is 0 Å². The van der Waals surface area contributed by atoms with Crippen molar-refractivity contribution in [3.63, 3.8) is 0 Å². The van der Waals surface area contributed by atoms with Crippen molar-refractivity contribution in [3.05, 3.63) is 12.2 Å². The van der Waals surface area contributed by atoms with E-state index < -0.39 is 0 Å². The second-order valence-electron chi connectivity index (χ2n) is 5.40. The molecule has 0 aliphatic carbocycles. The van der Waals surface area contributed by atoms with Crippen molar-refractivity contribution >= 4 is 0 Å². The summed E-state index contributed by atoms with van der Waals surface area (Å²) < 4.78 is 0. The molecule has 1 heterocycles. The minimum Gasteiger partial charge on any atom is -0.313 e. The summed E-state index contributed by atoms with van der Waals surface area (Å²) >= 11 is 0. The summed E-state index contributed by atoms with van der Waals surface area (Å²) in [5.74, 6) is 0. The van der Waals surface area contributed by atoms with Crippen molar-refractivity contribution < 1.29 is 0 Å². The molecule has 3 nitrogen and oxygen atoms in total. The van der Waals surface area contributed by atoms with Gasteiger partial charge in [0.2, 0.25) is 0 Å². The van der Waals surface area contributed by atoms with Gasteiger partial charge in [0.05, 0.1) is 0 Å². The topological polar surface area (TPSA) is 18.5 Å². The molecule has 0 spiro atoms. The van der Waals surface area contributed by atoms with Crippen molar-refractivity contribution in [3.8, 4) is 0 Å². The molecule has 1 saturated heterocycles. The maximum atomic E-state index is 4.16. The third kappa shape index (κ3) is 5.66. The van der Waals surface area contributed by atoms with Crippen LogP contribution in [-0.4, -0.2) is 62.7 Å². The third-order valence-corrected chi connectivity index (χ3v) is 3.54. The van der Waals surface area contributed by atoms with Gasteiger partial charge in [0.1, 0.15) is 0 Å². The first-order chi connectivity index (χ1) is 8.13. The Labute approximate surface area is 107 Å². The van der Waals surface area contributed by atoms with Gasteiger partial charge in [0, 0.05) is 19.1 Å². The van der Waals surface area contributed by atoms with Crippen LogP contribution in [-0.2, 0) is 0 Å². The molecule has 0 atom stereocenters. The highest BCUT2D eigenvalue weighted by Gasteiger charge is 2.20. The van der Waals surface area contributed by atoms with Crippen LogP contribution < -0.4 is 5.32 Å². The second-order valence-corrected chi connectivity index (χ2v) is 5.40. The molecular formula is C14H29N3. The number of likely N-dealkylation sites (tertiary alicyclic amines) is 1. The van der Waals surface area contributed by atoms with E-state index in [2.05, 4.69) is 42.7 Å². The molecule has 0 amide bonds. The van der Waals surface area contributed by atoms with E-state index in [0.717, 1.165) is 25.7 Å². The molecule has 0 aromatic rings. The average Bonchev–Trinajstić information content (AvgIpc) is 2.30. The summed E-state index contributed by atoms with van der Waals surface area (Å²) in [6.07, 6.45) is 3.78. The van der Waals surface area contributed by atoms with Crippen LogP contribution in [0.4, 0.5) is 0 Å². The average molecular weight is 239 g/mol. The highest BCUT2D eigenvalue weighted by Crippen LogP contribution is 2.14. The Morgan fingerprint density at radius 2 is 2.00 bits per heavy atom. The van der Waals surface area contributed by atoms with Crippen LogP contribution >= 0.6 is 0 Å². The Morgan fingerprint density at radius 1 is 1.35 bits per heavy atom. The second kappa shape index (κ2) is 7.85. The van der Waals surface area contributed by atoms with E-state index in [1.54, 1.807) is 0 Å². The lowest BCUT2D eigenvalue weighted by atomic mass is 10.0. The number of hydrogen-bond acceptors (Lipinski definition) is 3. The maximum absolute atomic E-state index is 4.16. The Bertz CT molecular complexity index is 218. The Balaban J connectivity index is 2.15. The molecule has 0 aromatic carbocycles. The predicted octanol–water partition coefficient (Wildman–Crippen LogP) is 1.57. The van der Waals surface area contributed by atoms with Crippen molar-refractivity contribution in [2.75, 3.05) is 46.8 Å². The first-order valence-electron chi connectivity index (χ1n) is 6.89. The van der Waals surface area contributed by atoms with Crippen molar-refractivity contribution in [1.29, 1.82) is 0 Å². The SMILES string of the molecule is C=C(CNCCC)CN1CCC(N(C)C)CC1. The lowest BCUT2D eigenvalue weighted by molar-refractivity contribution is 0.152. The zero-order valence-corrected chi connectivity index (χ0v) is 11.8. The predicted molar refractivity (Wildman–Crippen MR) is 75.4 cm³/mol. The van der Waals surface area contributed by atoms with Crippen LogP contribution in [0, 0.1) is 0 Å². The molecule has 0 aromatic heterocycles. The van der Waals surface area contributed by atoms with E-state index in [1.165, 1.54) is 37.9 Å². The summed E-state index contributed by atoms with van der Waals surface area (Å²) in [5.41, 5.74) is 1.32. The molecular weight excluding hydrogens is 210 g/mol. The Kier molecular flexibility index (Phi) is 6.78. The van der Waals surface area contributed by atoms with E-state index in [1.807, 2.05) is 0 Å². The first-order valence-corrected chi connectivity index (χ1v) is 6.89. The summed E-state index contributed by atoms with van der Waals surface area (Å²) in [7, 11) is 4.38. The third-order valence-electron chi connectivity index (χ3n) is 3.54. The normalized spacial score (nSPS) is 18.8. The zero-order chi connectivity index (χ0) is 12.7. The first kappa shape index (κ1) is 14.7. The molecule has 1 aliphatic heterocycles. The molecule has 1 rings (SSSR count). The van der Waals surface area contributed by atoms with Crippen LogP contribution in [0.5, 0.6) is 0 Å². The number of rotatable bonds is 7. The van der Waals surface area contributed by atoms with E-state index >= 15 is 0 Å². The Morgan fingerprint density at radius 3 is 2.53 bits per heavy atom. The van der Waals surface area contributed by atoms with Crippen LogP contribution in [0.15, 0.2) is 12.2 Å². The van der Waals surface area contributed by atoms with Gasteiger partial charge < -0.3 is 10.2 Å². The summed E-state index contributed by atoms with van der Waals surface area (Å²) in [4.78, 5) is 4.89. The van der Waals surface area contributed by atoms with Crippen LogP contribution in [0.2, 0.25) is 0 Å². The molecule has 3 heteroatoms. The lowest BCUT2D eigenvalue weighted by Gasteiger charge is -2.35. The highest BCUT2D eigenvalue weighted by molar-refractivity contribution is 5.00. The number of piperidine rings is 1. The van der Waals surface area contributed by atoms with Gasteiger partial charge in [-0.2, -0.15) is 0 Å². The van der Waals surface area contributed by atoms with Crippen LogP contribution in [0.1, 0.15) is 26.2 Å². The molecule has 17 heavy (non-hydrogen) atoms. The number of hydrogen-bond donors (Lipinski definition) is 1. The van der Waals surface area contributed by atoms with Gasteiger partial charge >= 0.3 is 0 Å². The van der Waals surface area contributed by atoms with Gasteiger partial charge in [0.15, 0.2) is 0 Å². The van der Waals surface area contributed by atoms with Crippen molar-refractivity contribution in [2.45, 2.75) is 32.2 Å². The molecule has 0 radical (unpaired) electrons. The molecule has 0 bridgehead atoms. The van der Waals surface area contributed by atoms with Crippen LogP contribution in [0.3, 0.4) is 0 Å². The van der Waals surface area contributed by atoms with Gasteiger partial charge in [-0.15, -0.1) is 0 Å². The monoisotopic (exact) mass is 239 g/mol. The standard InChI is InChI=1S/C14H29N3/c1-5-8-15-11-13(2)12-17-9-6-14(7-10-17)16(3)4/h14-15H,2,5-12H2,1,3-4H3. The molecule has 0 unspecified atom stereocenters. The minimum absolute atomic E-state index is 0.776. The van der Waals surface area contributed by atoms with Gasteiger partial charge in [-0.3, -0.25) is 4.90 Å². The smallest absolute Gasteiger partial charge is 0.0202 e.